The number of rotatable bonds is 2. The van der Waals surface area contributed by atoms with Crippen molar-refractivity contribution in [1.29, 1.82) is 0 Å². The number of halogens is 1. The van der Waals surface area contributed by atoms with Crippen LogP contribution in [0.25, 0.3) is 0 Å². The highest BCUT2D eigenvalue weighted by Gasteiger charge is 2.29. The van der Waals surface area contributed by atoms with E-state index in [1.54, 1.807) is 0 Å². The van der Waals surface area contributed by atoms with Gasteiger partial charge in [-0.05, 0) is 29.8 Å². The van der Waals surface area contributed by atoms with Crippen molar-refractivity contribution in [2.24, 2.45) is 7.05 Å². The third-order valence-electron chi connectivity index (χ3n) is 3.90. The van der Waals surface area contributed by atoms with Crippen LogP contribution in [0.3, 0.4) is 0 Å². The Morgan fingerprint density at radius 3 is 2.90 bits per heavy atom. The molecule has 1 unspecified atom stereocenters. The van der Waals surface area contributed by atoms with Gasteiger partial charge in [-0.15, -0.1) is 0 Å². The number of hydrogen-bond acceptors (Lipinski definition) is 2. The molecule has 0 aliphatic carbocycles. The number of piperazine rings is 1. The minimum absolute atomic E-state index is 0.0137. The molecule has 1 aromatic heterocycles. The Morgan fingerprint density at radius 1 is 1.33 bits per heavy atom. The summed E-state index contributed by atoms with van der Waals surface area (Å²) in [7, 11) is 1.89. The molecule has 4 nitrogen and oxygen atoms in total. The fourth-order valence-corrected chi connectivity index (χ4v) is 2.99. The average Bonchev–Trinajstić information content (AvgIpc) is 2.93. The van der Waals surface area contributed by atoms with Crippen LogP contribution in [0, 0.1) is 0 Å². The molecule has 21 heavy (non-hydrogen) atoms. The summed E-state index contributed by atoms with van der Waals surface area (Å²) in [6.07, 6.45) is 1.89. The lowest BCUT2D eigenvalue weighted by atomic mass is 10.0. The third kappa shape index (κ3) is 2.82. The van der Waals surface area contributed by atoms with Crippen LogP contribution in [0.1, 0.15) is 22.1 Å². The second kappa shape index (κ2) is 5.92. The van der Waals surface area contributed by atoms with Crippen molar-refractivity contribution in [1.82, 2.24) is 14.8 Å². The molecule has 110 valence electrons. The molecule has 1 saturated heterocycles. The fourth-order valence-electron chi connectivity index (χ4n) is 2.79. The first kappa shape index (κ1) is 14.2. The summed E-state index contributed by atoms with van der Waals surface area (Å²) in [5, 5.41) is 4.05. The van der Waals surface area contributed by atoms with Crippen LogP contribution in [0.4, 0.5) is 0 Å². The maximum Gasteiger partial charge on any atom is 0.271 e. The second-order valence-electron chi connectivity index (χ2n) is 5.28. The minimum Gasteiger partial charge on any atom is -0.347 e. The number of aromatic nitrogens is 1. The monoisotopic (exact) mass is 303 g/mol. The molecule has 0 radical (unpaired) electrons. The van der Waals surface area contributed by atoms with Crippen LogP contribution in [-0.2, 0) is 7.05 Å². The molecule has 1 fully saturated rings. The lowest BCUT2D eigenvalue weighted by molar-refractivity contribution is 0.0624. The molecular formula is C16H18ClN3O. The van der Waals surface area contributed by atoms with E-state index >= 15 is 0 Å². The summed E-state index contributed by atoms with van der Waals surface area (Å²) < 4.78 is 1.86. The van der Waals surface area contributed by atoms with Gasteiger partial charge in [0, 0.05) is 37.9 Å². The van der Waals surface area contributed by atoms with Gasteiger partial charge in [-0.3, -0.25) is 4.79 Å². The summed E-state index contributed by atoms with van der Waals surface area (Å²) >= 11 is 6.09. The zero-order chi connectivity index (χ0) is 14.8. The van der Waals surface area contributed by atoms with Gasteiger partial charge in [0.05, 0.1) is 6.04 Å². The van der Waals surface area contributed by atoms with E-state index < -0.39 is 0 Å². The smallest absolute Gasteiger partial charge is 0.271 e. The number of carbonyl (C=O) groups excluding carboxylic acids is 1. The first-order valence-electron chi connectivity index (χ1n) is 7.05. The molecule has 2 aromatic rings. The Hall–Kier alpha value is -1.78. The van der Waals surface area contributed by atoms with Gasteiger partial charge in [0.2, 0.25) is 0 Å². The van der Waals surface area contributed by atoms with E-state index in [1.165, 1.54) is 0 Å². The number of benzene rings is 1. The summed E-state index contributed by atoms with van der Waals surface area (Å²) in [6, 6.07) is 11.5. The van der Waals surface area contributed by atoms with Gasteiger partial charge in [0.1, 0.15) is 5.69 Å². The Morgan fingerprint density at radius 2 is 2.19 bits per heavy atom. The number of hydrogen-bond donors (Lipinski definition) is 1. The van der Waals surface area contributed by atoms with Crippen molar-refractivity contribution in [3.8, 4) is 0 Å². The number of nitrogens with zero attached hydrogens (tertiary/aromatic N) is 2. The molecule has 2 heterocycles. The maximum absolute atomic E-state index is 12.8. The van der Waals surface area contributed by atoms with Gasteiger partial charge in [-0.2, -0.15) is 0 Å². The van der Waals surface area contributed by atoms with Gasteiger partial charge in [-0.1, -0.05) is 23.7 Å². The summed E-state index contributed by atoms with van der Waals surface area (Å²) in [5.41, 5.74) is 1.78. The lowest BCUT2D eigenvalue weighted by Crippen LogP contribution is -2.49. The summed E-state index contributed by atoms with van der Waals surface area (Å²) in [6.45, 7) is 2.25. The van der Waals surface area contributed by atoms with Crippen molar-refractivity contribution in [3.05, 3.63) is 58.9 Å². The number of aryl methyl sites for hydroxylation is 1. The molecule has 0 saturated carbocycles. The van der Waals surface area contributed by atoms with E-state index in [-0.39, 0.29) is 11.9 Å². The Balaban J connectivity index is 1.92. The third-order valence-corrected chi connectivity index (χ3v) is 4.14. The summed E-state index contributed by atoms with van der Waals surface area (Å²) in [5.74, 6) is 0.0639. The topological polar surface area (TPSA) is 37.3 Å². The lowest BCUT2D eigenvalue weighted by Gasteiger charge is -2.36. The zero-order valence-corrected chi connectivity index (χ0v) is 12.7. The van der Waals surface area contributed by atoms with E-state index in [0.29, 0.717) is 17.3 Å². The highest BCUT2D eigenvalue weighted by molar-refractivity contribution is 6.30. The molecule has 1 aliphatic rings. The average molecular weight is 304 g/mol. The Bertz CT molecular complexity index is 652. The van der Waals surface area contributed by atoms with Gasteiger partial charge in [0.25, 0.3) is 5.91 Å². The molecule has 1 atom stereocenters. The molecule has 3 rings (SSSR count). The maximum atomic E-state index is 12.8. The second-order valence-corrected chi connectivity index (χ2v) is 5.71. The van der Waals surface area contributed by atoms with Crippen LogP contribution in [0.15, 0.2) is 42.6 Å². The molecular weight excluding hydrogens is 286 g/mol. The SMILES string of the molecule is Cn1cccc1C(=O)N1CCNCC1c1cccc(Cl)c1. The van der Waals surface area contributed by atoms with Gasteiger partial charge in [0.15, 0.2) is 0 Å². The van der Waals surface area contributed by atoms with Crippen LogP contribution in [0.2, 0.25) is 5.02 Å². The summed E-state index contributed by atoms with van der Waals surface area (Å²) in [4.78, 5) is 14.7. The molecule has 1 aromatic carbocycles. The van der Waals surface area contributed by atoms with Crippen LogP contribution in [-0.4, -0.2) is 35.0 Å². The van der Waals surface area contributed by atoms with Crippen LogP contribution >= 0.6 is 11.6 Å². The largest absolute Gasteiger partial charge is 0.347 e. The fraction of sp³-hybridized carbons (Fsp3) is 0.312. The standard InChI is InChI=1S/C16H18ClN3O/c1-19-8-3-6-14(19)16(21)20-9-7-18-11-15(20)12-4-2-5-13(17)10-12/h2-6,8,10,15,18H,7,9,11H2,1H3. The Kier molecular flexibility index (Phi) is 3.99. The van der Waals surface area contributed by atoms with Crippen molar-refractivity contribution in [2.75, 3.05) is 19.6 Å². The van der Waals surface area contributed by atoms with Gasteiger partial charge in [-0.25, -0.2) is 0 Å². The molecule has 1 N–H and O–H groups in total. The Labute approximate surface area is 129 Å². The van der Waals surface area contributed by atoms with Crippen molar-refractivity contribution < 1.29 is 4.79 Å². The van der Waals surface area contributed by atoms with Crippen molar-refractivity contribution in [2.45, 2.75) is 6.04 Å². The van der Waals surface area contributed by atoms with E-state index in [0.717, 1.165) is 18.7 Å². The normalized spacial score (nSPS) is 18.8. The molecule has 1 amide bonds. The van der Waals surface area contributed by atoms with E-state index in [9.17, 15) is 4.79 Å². The minimum atomic E-state index is 0.0137. The number of amides is 1. The molecule has 0 bridgehead atoms. The first-order chi connectivity index (χ1) is 10.2. The first-order valence-corrected chi connectivity index (χ1v) is 7.43. The number of carbonyl (C=O) groups is 1. The molecule has 0 spiro atoms. The molecule has 5 heteroatoms. The van der Waals surface area contributed by atoms with E-state index in [4.69, 9.17) is 11.6 Å². The van der Waals surface area contributed by atoms with Crippen LogP contribution in [0.5, 0.6) is 0 Å². The predicted molar refractivity (Wildman–Crippen MR) is 83.5 cm³/mol. The zero-order valence-electron chi connectivity index (χ0n) is 11.9. The van der Waals surface area contributed by atoms with Gasteiger partial charge >= 0.3 is 0 Å². The van der Waals surface area contributed by atoms with E-state index in [2.05, 4.69) is 5.32 Å². The van der Waals surface area contributed by atoms with Gasteiger partial charge < -0.3 is 14.8 Å². The number of nitrogens with one attached hydrogen (secondary N) is 1. The van der Waals surface area contributed by atoms with Crippen molar-refractivity contribution >= 4 is 17.5 Å². The van der Waals surface area contributed by atoms with Crippen LogP contribution < -0.4 is 5.32 Å². The van der Waals surface area contributed by atoms with E-state index in [1.807, 2.05) is 59.1 Å². The highest BCUT2D eigenvalue weighted by atomic mass is 35.5. The van der Waals surface area contributed by atoms with Crippen molar-refractivity contribution in [3.63, 3.8) is 0 Å². The predicted octanol–water partition coefficient (Wildman–Crippen LogP) is 2.47. The highest BCUT2D eigenvalue weighted by Crippen LogP contribution is 2.26. The molecule has 1 aliphatic heterocycles. The quantitative estimate of drug-likeness (QED) is 0.925.